The molecular weight excluding hydrogens is 216 g/mol. The van der Waals surface area contributed by atoms with Crippen molar-refractivity contribution in [3.8, 4) is 0 Å². The Balaban J connectivity index is 2.20. The maximum atomic E-state index is 11.9. The number of hydrogen-bond donors (Lipinski definition) is 1. The van der Waals surface area contributed by atoms with Gasteiger partial charge in [-0.2, -0.15) is 0 Å². The Morgan fingerprint density at radius 3 is 2.47 bits per heavy atom. The smallest absolute Gasteiger partial charge is 0.303 e. The number of aryl methyl sites for hydroxylation is 3. The van der Waals surface area contributed by atoms with Crippen LogP contribution in [0.25, 0.3) is 0 Å². The van der Waals surface area contributed by atoms with Crippen LogP contribution in [0, 0.1) is 6.92 Å². The minimum absolute atomic E-state index is 0.0559. The first-order chi connectivity index (χ1) is 8.08. The van der Waals surface area contributed by atoms with E-state index in [1.54, 1.807) is 0 Å². The molecule has 0 radical (unpaired) electrons. The molecule has 3 nitrogen and oxygen atoms in total. The summed E-state index contributed by atoms with van der Waals surface area (Å²) in [5, 5.41) is 8.58. The van der Waals surface area contributed by atoms with Crippen molar-refractivity contribution in [1.82, 2.24) is 0 Å². The maximum Gasteiger partial charge on any atom is 0.303 e. The lowest BCUT2D eigenvalue weighted by Gasteiger charge is -2.08. The number of rotatable bonds is 4. The topological polar surface area (TPSA) is 54.4 Å². The van der Waals surface area contributed by atoms with Gasteiger partial charge in [0.25, 0.3) is 0 Å². The van der Waals surface area contributed by atoms with Gasteiger partial charge in [0.1, 0.15) is 0 Å². The number of benzene rings is 1. The molecular formula is C14H16O3. The number of hydrogen-bond acceptors (Lipinski definition) is 2. The summed E-state index contributed by atoms with van der Waals surface area (Å²) >= 11 is 0. The fourth-order valence-electron chi connectivity index (χ4n) is 2.40. The van der Waals surface area contributed by atoms with Crippen LogP contribution in [0.1, 0.15) is 46.3 Å². The third kappa shape index (κ3) is 2.54. The molecule has 0 saturated carbocycles. The van der Waals surface area contributed by atoms with E-state index in [1.807, 2.05) is 13.0 Å². The number of carbonyl (C=O) groups excluding carboxylic acids is 1. The zero-order valence-corrected chi connectivity index (χ0v) is 9.95. The third-order valence-corrected chi connectivity index (χ3v) is 3.31. The van der Waals surface area contributed by atoms with Crippen LogP contribution in [0.4, 0.5) is 0 Å². The molecule has 0 bridgehead atoms. The predicted octanol–water partition coefficient (Wildman–Crippen LogP) is 2.53. The van der Waals surface area contributed by atoms with Crippen molar-refractivity contribution in [2.45, 2.75) is 39.0 Å². The molecule has 1 aromatic rings. The lowest BCUT2D eigenvalue weighted by molar-refractivity contribution is -0.136. The summed E-state index contributed by atoms with van der Waals surface area (Å²) < 4.78 is 0. The number of carboxylic acids is 1. The van der Waals surface area contributed by atoms with Gasteiger partial charge < -0.3 is 5.11 Å². The van der Waals surface area contributed by atoms with Gasteiger partial charge in [0.15, 0.2) is 5.78 Å². The van der Waals surface area contributed by atoms with Crippen LogP contribution in [-0.2, 0) is 17.6 Å². The number of ketones is 1. The van der Waals surface area contributed by atoms with E-state index >= 15 is 0 Å². The standard InChI is InChI=1S/C14H16O3/c1-9-7-10-3-2-4-11(10)8-12(9)13(15)5-6-14(16)17/h7-8H,2-6H2,1H3,(H,16,17). The van der Waals surface area contributed by atoms with Crippen LogP contribution in [0.5, 0.6) is 0 Å². The van der Waals surface area contributed by atoms with E-state index in [0.717, 1.165) is 24.8 Å². The van der Waals surface area contributed by atoms with E-state index in [9.17, 15) is 9.59 Å². The van der Waals surface area contributed by atoms with Crippen LogP contribution in [0.15, 0.2) is 12.1 Å². The second kappa shape index (κ2) is 4.70. The Hall–Kier alpha value is -1.64. The fraction of sp³-hybridized carbons (Fsp3) is 0.429. The average molecular weight is 232 g/mol. The van der Waals surface area contributed by atoms with E-state index in [1.165, 1.54) is 11.1 Å². The molecule has 1 aliphatic carbocycles. The van der Waals surface area contributed by atoms with Crippen molar-refractivity contribution in [2.24, 2.45) is 0 Å². The maximum absolute atomic E-state index is 11.9. The molecule has 0 unspecified atom stereocenters. The van der Waals surface area contributed by atoms with Gasteiger partial charge in [-0.15, -0.1) is 0 Å². The largest absolute Gasteiger partial charge is 0.481 e. The van der Waals surface area contributed by atoms with E-state index in [0.29, 0.717) is 5.56 Å². The first-order valence-corrected chi connectivity index (χ1v) is 5.95. The van der Waals surface area contributed by atoms with Gasteiger partial charge in [-0.25, -0.2) is 0 Å². The Morgan fingerprint density at radius 2 is 1.82 bits per heavy atom. The van der Waals surface area contributed by atoms with Crippen molar-refractivity contribution in [2.75, 3.05) is 0 Å². The zero-order chi connectivity index (χ0) is 12.4. The summed E-state index contributed by atoms with van der Waals surface area (Å²) in [5.41, 5.74) is 4.28. The monoisotopic (exact) mass is 232 g/mol. The summed E-state index contributed by atoms with van der Waals surface area (Å²) in [6, 6.07) is 4.04. The molecule has 0 amide bonds. The van der Waals surface area contributed by atoms with E-state index < -0.39 is 5.97 Å². The lowest BCUT2D eigenvalue weighted by Crippen LogP contribution is -2.06. The van der Waals surface area contributed by atoms with E-state index in [2.05, 4.69) is 6.07 Å². The molecule has 1 N–H and O–H groups in total. The molecule has 17 heavy (non-hydrogen) atoms. The van der Waals surface area contributed by atoms with E-state index in [-0.39, 0.29) is 18.6 Å². The SMILES string of the molecule is Cc1cc2c(cc1C(=O)CCC(=O)O)CCC2. The molecule has 2 rings (SSSR count). The van der Waals surface area contributed by atoms with Gasteiger partial charge in [0.05, 0.1) is 6.42 Å². The molecule has 3 heteroatoms. The normalized spacial score (nSPS) is 13.5. The van der Waals surface area contributed by atoms with Gasteiger partial charge in [-0.3, -0.25) is 9.59 Å². The van der Waals surface area contributed by atoms with Crippen LogP contribution in [0.3, 0.4) is 0 Å². The minimum Gasteiger partial charge on any atom is -0.481 e. The minimum atomic E-state index is -0.919. The molecule has 0 atom stereocenters. The van der Waals surface area contributed by atoms with Crippen LogP contribution in [0.2, 0.25) is 0 Å². The number of carboxylic acid groups (broad SMARTS) is 1. The summed E-state index contributed by atoms with van der Waals surface area (Å²) in [4.78, 5) is 22.4. The van der Waals surface area contributed by atoms with Crippen molar-refractivity contribution in [3.05, 3.63) is 34.4 Å². The van der Waals surface area contributed by atoms with Gasteiger partial charge in [0, 0.05) is 12.0 Å². The highest BCUT2D eigenvalue weighted by Crippen LogP contribution is 2.26. The Kier molecular flexibility index (Phi) is 3.27. The predicted molar refractivity (Wildman–Crippen MR) is 64.4 cm³/mol. The molecule has 0 aromatic heterocycles. The highest BCUT2D eigenvalue weighted by atomic mass is 16.4. The third-order valence-electron chi connectivity index (χ3n) is 3.31. The Bertz CT molecular complexity index is 475. The summed E-state index contributed by atoms with van der Waals surface area (Å²) in [6.07, 6.45) is 3.29. The lowest BCUT2D eigenvalue weighted by atomic mass is 9.96. The molecule has 0 saturated heterocycles. The van der Waals surface area contributed by atoms with Gasteiger partial charge in [0.2, 0.25) is 0 Å². The van der Waals surface area contributed by atoms with Crippen molar-refractivity contribution >= 4 is 11.8 Å². The van der Waals surface area contributed by atoms with Gasteiger partial charge in [-0.1, -0.05) is 6.07 Å². The summed E-state index contributed by atoms with van der Waals surface area (Å²) in [5.74, 6) is -0.975. The quantitative estimate of drug-likeness (QED) is 0.811. The molecule has 90 valence electrons. The van der Waals surface area contributed by atoms with Crippen molar-refractivity contribution < 1.29 is 14.7 Å². The summed E-state index contributed by atoms with van der Waals surface area (Å²) in [7, 11) is 0. The number of fused-ring (bicyclic) bond motifs is 1. The van der Waals surface area contributed by atoms with Gasteiger partial charge >= 0.3 is 5.97 Å². The molecule has 0 fully saturated rings. The molecule has 0 aliphatic heterocycles. The number of Topliss-reactive ketones (excluding diaryl/α,β-unsaturated/α-hetero) is 1. The highest BCUT2D eigenvalue weighted by molar-refractivity contribution is 5.99. The Morgan fingerprint density at radius 1 is 1.18 bits per heavy atom. The first kappa shape index (κ1) is 11.8. The summed E-state index contributed by atoms with van der Waals surface area (Å²) in [6.45, 7) is 1.92. The van der Waals surface area contributed by atoms with Crippen LogP contribution < -0.4 is 0 Å². The zero-order valence-electron chi connectivity index (χ0n) is 9.95. The Labute approximate surface area is 100 Å². The average Bonchev–Trinajstić information content (AvgIpc) is 2.71. The second-order valence-corrected chi connectivity index (χ2v) is 4.61. The van der Waals surface area contributed by atoms with Crippen molar-refractivity contribution in [1.29, 1.82) is 0 Å². The highest BCUT2D eigenvalue weighted by Gasteiger charge is 2.17. The molecule has 1 aliphatic rings. The first-order valence-electron chi connectivity index (χ1n) is 5.95. The van der Waals surface area contributed by atoms with Crippen molar-refractivity contribution in [3.63, 3.8) is 0 Å². The molecule has 1 aromatic carbocycles. The molecule has 0 spiro atoms. The van der Waals surface area contributed by atoms with Gasteiger partial charge in [-0.05, 0) is 48.9 Å². The number of carbonyl (C=O) groups is 2. The van der Waals surface area contributed by atoms with E-state index in [4.69, 9.17) is 5.11 Å². The van der Waals surface area contributed by atoms with Crippen LogP contribution in [-0.4, -0.2) is 16.9 Å². The fourth-order valence-corrected chi connectivity index (χ4v) is 2.40. The molecule has 0 heterocycles. The van der Waals surface area contributed by atoms with Crippen LogP contribution >= 0.6 is 0 Å². The number of aliphatic carboxylic acids is 1. The second-order valence-electron chi connectivity index (χ2n) is 4.61.